The molecule has 52 heavy (non-hydrogen) atoms. The van der Waals surface area contributed by atoms with Gasteiger partial charge < -0.3 is 5.32 Å². The van der Waals surface area contributed by atoms with Gasteiger partial charge in [0.15, 0.2) is 0 Å². The Kier molecular flexibility index (Phi) is 7.91. The third kappa shape index (κ3) is 5.81. The molecule has 3 heterocycles. The van der Waals surface area contributed by atoms with Crippen LogP contribution in [0.4, 0.5) is 22.7 Å². The SMILES string of the molecule is O=C1C(=Cc2ccccc2)N=C(c2ccccc2)N1c1ccc2c(c1)Sc1cc(N3C(=O)C(=Cc4ccccc4)N=C3c3ccccc3)ccc1N2. The highest BCUT2D eigenvalue weighted by atomic mass is 32.2. The van der Waals surface area contributed by atoms with Gasteiger partial charge >= 0.3 is 0 Å². The van der Waals surface area contributed by atoms with Crippen LogP contribution in [0.15, 0.2) is 189 Å². The van der Waals surface area contributed by atoms with Gasteiger partial charge in [0.2, 0.25) is 0 Å². The van der Waals surface area contributed by atoms with E-state index in [4.69, 9.17) is 9.98 Å². The lowest BCUT2D eigenvalue weighted by Gasteiger charge is -2.26. The molecule has 0 saturated heterocycles. The molecule has 0 fully saturated rings. The van der Waals surface area contributed by atoms with Crippen LogP contribution in [-0.2, 0) is 9.59 Å². The van der Waals surface area contributed by atoms with Gasteiger partial charge in [-0.3, -0.25) is 19.4 Å². The highest BCUT2D eigenvalue weighted by Gasteiger charge is 2.35. The van der Waals surface area contributed by atoms with E-state index in [1.165, 1.54) is 0 Å². The van der Waals surface area contributed by atoms with Crippen LogP contribution in [0.3, 0.4) is 0 Å². The van der Waals surface area contributed by atoms with Crippen molar-refractivity contribution in [3.05, 3.63) is 191 Å². The molecule has 7 nitrogen and oxygen atoms in total. The first-order valence-electron chi connectivity index (χ1n) is 16.8. The van der Waals surface area contributed by atoms with Crippen molar-refractivity contribution in [2.45, 2.75) is 9.79 Å². The van der Waals surface area contributed by atoms with Crippen LogP contribution in [0.5, 0.6) is 0 Å². The second-order valence-electron chi connectivity index (χ2n) is 12.4. The van der Waals surface area contributed by atoms with Crippen molar-refractivity contribution < 1.29 is 9.59 Å². The molecule has 0 radical (unpaired) electrons. The number of nitrogens with one attached hydrogen (secondary N) is 1. The molecule has 248 valence electrons. The zero-order valence-corrected chi connectivity index (χ0v) is 28.5. The summed E-state index contributed by atoms with van der Waals surface area (Å²) < 4.78 is 0. The number of carbonyl (C=O) groups is 2. The summed E-state index contributed by atoms with van der Waals surface area (Å²) in [6, 6.07) is 50.9. The highest BCUT2D eigenvalue weighted by Crippen LogP contribution is 2.47. The van der Waals surface area contributed by atoms with Crippen molar-refractivity contribution in [3.63, 3.8) is 0 Å². The maximum atomic E-state index is 14.0. The van der Waals surface area contributed by atoms with Crippen molar-refractivity contribution in [2.24, 2.45) is 9.98 Å². The maximum Gasteiger partial charge on any atom is 0.282 e. The molecule has 2 amide bonds. The molecule has 3 aliphatic rings. The number of nitrogens with zero attached hydrogens (tertiary/aromatic N) is 4. The van der Waals surface area contributed by atoms with Gasteiger partial charge in [-0.05, 0) is 59.7 Å². The van der Waals surface area contributed by atoms with Crippen molar-refractivity contribution in [2.75, 3.05) is 15.1 Å². The Morgan fingerprint density at radius 2 is 0.865 bits per heavy atom. The zero-order valence-electron chi connectivity index (χ0n) is 27.7. The van der Waals surface area contributed by atoms with E-state index in [0.717, 1.165) is 43.4 Å². The van der Waals surface area contributed by atoms with Crippen LogP contribution in [0, 0.1) is 0 Å². The van der Waals surface area contributed by atoms with Gasteiger partial charge in [-0.15, -0.1) is 0 Å². The zero-order chi connectivity index (χ0) is 35.0. The molecule has 6 aromatic rings. The Bertz CT molecular complexity index is 2320. The Labute approximate surface area is 305 Å². The van der Waals surface area contributed by atoms with E-state index in [1.807, 2.05) is 170 Å². The van der Waals surface area contributed by atoms with Crippen molar-refractivity contribution in [1.29, 1.82) is 0 Å². The second-order valence-corrected chi connectivity index (χ2v) is 13.4. The summed E-state index contributed by atoms with van der Waals surface area (Å²) >= 11 is 1.58. The van der Waals surface area contributed by atoms with Crippen LogP contribution in [-0.4, -0.2) is 23.5 Å². The smallest absolute Gasteiger partial charge is 0.282 e. The lowest BCUT2D eigenvalue weighted by atomic mass is 10.1. The van der Waals surface area contributed by atoms with E-state index in [9.17, 15) is 9.59 Å². The van der Waals surface area contributed by atoms with Gasteiger partial charge in [0.1, 0.15) is 23.1 Å². The molecule has 0 aromatic heterocycles. The van der Waals surface area contributed by atoms with E-state index in [0.29, 0.717) is 34.4 Å². The van der Waals surface area contributed by atoms with E-state index in [1.54, 1.807) is 21.6 Å². The number of anilines is 4. The molecule has 0 spiro atoms. The number of hydrogen-bond donors (Lipinski definition) is 1. The third-order valence-corrected chi connectivity index (χ3v) is 10.0. The highest BCUT2D eigenvalue weighted by molar-refractivity contribution is 7.99. The Morgan fingerprint density at radius 3 is 1.27 bits per heavy atom. The van der Waals surface area contributed by atoms with Gasteiger partial charge in [-0.25, -0.2) is 9.98 Å². The fourth-order valence-electron chi connectivity index (χ4n) is 6.43. The minimum absolute atomic E-state index is 0.196. The van der Waals surface area contributed by atoms with Crippen LogP contribution in [0.2, 0.25) is 0 Å². The number of aliphatic imine (C=N–C) groups is 2. The van der Waals surface area contributed by atoms with Gasteiger partial charge in [0, 0.05) is 20.9 Å². The summed E-state index contributed by atoms with van der Waals surface area (Å²) in [6.45, 7) is 0. The van der Waals surface area contributed by atoms with E-state index in [-0.39, 0.29) is 11.8 Å². The predicted octanol–water partition coefficient (Wildman–Crippen LogP) is 9.56. The fraction of sp³-hybridized carbons (Fsp3) is 0. The summed E-state index contributed by atoms with van der Waals surface area (Å²) in [7, 11) is 0. The Morgan fingerprint density at radius 1 is 0.481 bits per heavy atom. The third-order valence-electron chi connectivity index (χ3n) is 8.93. The predicted molar refractivity (Wildman–Crippen MR) is 210 cm³/mol. The molecule has 0 bridgehead atoms. The largest absolute Gasteiger partial charge is 0.354 e. The summed E-state index contributed by atoms with van der Waals surface area (Å²) in [5.41, 5.74) is 7.51. The van der Waals surface area contributed by atoms with Crippen LogP contribution in [0.25, 0.3) is 12.2 Å². The number of amidine groups is 2. The quantitative estimate of drug-likeness (QED) is 0.176. The van der Waals surface area contributed by atoms with E-state index >= 15 is 0 Å². The first-order valence-corrected chi connectivity index (χ1v) is 17.6. The summed E-state index contributed by atoms with van der Waals surface area (Å²) in [4.78, 5) is 43.0. The molecular formula is C44H29N5O2S. The maximum absolute atomic E-state index is 14.0. The first-order chi connectivity index (χ1) is 25.6. The number of rotatable bonds is 6. The molecule has 1 N–H and O–H groups in total. The van der Waals surface area contributed by atoms with Crippen molar-refractivity contribution >= 4 is 70.1 Å². The summed E-state index contributed by atoms with van der Waals surface area (Å²) in [6.07, 6.45) is 3.65. The molecule has 0 atom stereocenters. The van der Waals surface area contributed by atoms with Crippen molar-refractivity contribution in [3.8, 4) is 0 Å². The average molecular weight is 692 g/mol. The molecule has 0 unspecified atom stereocenters. The molecule has 0 aliphatic carbocycles. The topological polar surface area (TPSA) is 77.4 Å². The molecule has 6 aromatic carbocycles. The number of benzene rings is 6. The summed E-state index contributed by atoms with van der Waals surface area (Å²) in [5, 5.41) is 3.56. The van der Waals surface area contributed by atoms with E-state index in [2.05, 4.69) is 5.32 Å². The lowest BCUT2D eigenvalue weighted by Crippen LogP contribution is -2.32. The fourth-order valence-corrected chi connectivity index (χ4v) is 7.48. The van der Waals surface area contributed by atoms with Crippen LogP contribution >= 0.6 is 11.8 Å². The van der Waals surface area contributed by atoms with Crippen LogP contribution < -0.4 is 15.1 Å². The lowest BCUT2D eigenvalue weighted by molar-refractivity contribution is -0.114. The average Bonchev–Trinajstić information content (AvgIpc) is 3.70. The van der Waals surface area contributed by atoms with Crippen molar-refractivity contribution in [1.82, 2.24) is 0 Å². The minimum Gasteiger partial charge on any atom is -0.354 e. The summed E-state index contributed by atoms with van der Waals surface area (Å²) in [5.74, 6) is 0.755. The molecule has 9 rings (SSSR count). The molecule has 8 heteroatoms. The van der Waals surface area contributed by atoms with Gasteiger partial charge in [0.25, 0.3) is 11.8 Å². The van der Waals surface area contributed by atoms with Gasteiger partial charge in [-0.1, -0.05) is 133 Å². The first kappa shape index (κ1) is 31.2. The number of fused-ring (bicyclic) bond motifs is 2. The van der Waals surface area contributed by atoms with Gasteiger partial charge in [0.05, 0.1) is 22.7 Å². The number of amides is 2. The van der Waals surface area contributed by atoms with Gasteiger partial charge in [-0.2, -0.15) is 0 Å². The normalized spacial score (nSPS) is 16.5. The molecule has 0 saturated carbocycles. The Balaban J connectivity index is 1.06. The standard InChI is InChI=1S/C44H29N5O2S/c50-43-37(25-29-13-5-1-6-14-29)46-41(31-17-9-3-10-18-31)48(43)33-21-23-35-39(27-33)52-40-28-34(22-24-36(40)45-35)49-42(32-19-11-4-12-20-32)47-38(44(49)51)26-30-15-7-2-8-16-30/h1-28,45H. The number of hydrogen-bond acceptors (Lipinski definition) is 6. The van der Waals surface area contributed by atoms with Crippen LogP contribution in [0.1, 0.15) is 22.3 Å². The minimum atomic E-state index is -0.196. The molecular weight excluding hydrogens is 663 g/mol. The van der Waals surface area contributed by atoms with E-state index < -0.39 is 0 Å². The second kappa shape index (κ2) is 13.2. The Hall–Kier alpha value is -6.77. The monoisotopic (exact) mass is 691 g/mol. The number of carbonyl (C=O) groups excluding carboxylic acids is 2. The molecule has 3 aliphatic heterocycles.